The molecule has 0 spiro atoms. The van der Waals surface area contributed by atoms with Crippen LogP contribution in [0.5, 0.6) is 0 Å². The lowest BCUT2D eigenvalue weighted by atomic mass is 9.99. The van der Waals surface area contributed by atoms with Crippen LogP contribution in [0.4, 0.5) is 11.4 Å². The summed E-state index contributed by atoms with van der Waals surface area (Å²) in [6.07, 6.45) is 2.97. The Morgan fingerprint density at radius 1 is 1.12 bits per heavy atom. The van der Waals surface area contributed by atoms with E-state index in [4.69, 9.17) is 0 Å². The Labute approximate surface area is 189 Å². The molecule has 6 heteroatoms. The molecule has 6 nitrogen and oxygen atoms in total. The third-order valence-electron chi connectivity index (χ3n) is 7.34. The minimum atomic E-state index is 0.393. The molecule has 162 valence electrons. The first-order valence-corrected chi connectivity index (χ1v) is 11.6. The lowest BCUT2D eigenvalue weighted by Gasteiger charge is -2.44. The maximum atomic E-state index is 9.51. The lowest BCUT2D eigenvalue weighted by molar-refractivity contribution is 0.134. The Bertz CT molecular complexity index is 1210. The Morgan fingerprint density at radius 2 is 2.06 bits per heavy atom. The molecule has 3 aliphatic heterocycles. The zero-order valence-corrected chi connectivity index (χ0v) is 18.5. The summed E-state index contributed by atoms with van der Waals surface area (Å²) in [7, 11) is 0. The average Bonchev–Trinajstić information content (AvgIpc) is 3.22. The fourth-order valence-corrected chi connectivity index (χ4v) is 5.74. The van der Waals surface area contributed by atoms with Gasteiger partial charge in [0, 0.05) is 55.2 Å². The van der Waals surface area contributed by atoms with Gasteiger partial charge in [0.1, 0.15) is 6.07 Å². The third-order valence-corrected chi connectivity index (χ3v) is 7.34. The molecular formula is C26H28N6. The van der Waals surface area contributed by atoms with Crippen molar-refractivity contribution in [1.82, 2.24) is 15.2 Å². The molecule has 1 N–H and O–H groups in total. The van der Waals surface area contributed by atoms with Gasteiger partial charge in [-0.3, -0.25) is 15.2 Å². The molecule has 3 aliphatic rings. The van der Waals surface area contributed by atoms with Crippen LogP contribution in [0.25, 0.3) is 10.9 Å². The first-order valence-electron chi connectivity index (χ1n) is 11.6. The van der Waals surface area contributed by atoms with E-state index in [0.29, 0.717) is 17.6 Å². The summed E-state index contributed by atoms with van der Waals surface area (Å²) < 4.78 is 0. The van der Waals surface area contributed by atoms with Gasteiger partial charge >= 0.3 is 0 Å². The summed E-state index contributed by atoms with van der Waals surface area (Å²) in [4.78, 5) is 12.1. The quantitative estimate of drug-likeness (QED) is 0.678. The van der Waals surface area contributed by atoms with E-state index < -0.39 is 0 Å². The lowest BCUT2D eigenvalue weighted by Crippen LogP contribution is -2.51. The van der Waals surface area contributed by atoms with Crippen LogP contribution in [-0.2, 0) is 6.54 Å². The van der Waals surface area contributed by atoms with Crippen LogP contribution in [0.15, 0.2) is 48.7 Å². The van der Waals surface area contributed by atoms with Crippen LogP contribution in [-0.4, -0.2) is 48.8 Å². The molecule has 4 heterocycles. The van der Waals surface area contributed by atoms with E-state index in [0.717, 1.165) is 50.3 Å². The Hall–Kier alpha value is -3.14. The number of nitriles is 1. The molecule has 1 aromatic heterocycles. The number of hydrogen-bond donors (Lipinski definition) is 1. The van der Waals surface area contributed by atoms with Gasteiger partial charge in [0.05, 0.1) is 23.8 Å². The molecule has 0 amide bonds. The fourth-order valence-electron chi connectivity index (χ4n) is 5.74. The first-order chi connectivity index (χ1) is 15.7. The van der Waals surface area contributed by atoms with Gasteiger partial charge in [0.2, 0.25) is 0 Å². The van der Waals surface area contributed by atoms with E-state index >= 15 is 0 Å². The van der Waals surface area contributed by atoms with E-state index in [1.807, 2.05) is 12.1 Å². The van der Waals surface area contributed by atoms with Crippen molar-refractivity contribution in [3.05, 3.63) is 65.4 Å². The summed E-state index contributed by atoms with van der Waals surface area (Å²) in [5.41, 5.74) is 6.90. The van der Waals surface area contributed by atoms with Crippen molar-refractivity contribution in [1.29, 1.82) is 5.26 Å². The number of anilines is 2. The number of piperazine rings is 1. The number of pyridine rings is 1. The maximum Gasteiger partial charge on any atom is 0.101 e. The number of fused-ring (bicyclic) bond motifs is 4. The predicted octanol–water partition coefficient (Wildman–Crippen LogP) is 3.63. The van der Waals surface area contributed by atoms with E-state index in [-0.39, 0.29) is 0 Å². The molecule has 2 saturated heterocycles. The van der Waals surface area contributed by atoms with Crippen LogP contribution in [0.3, 0.4) is 0 Å². The van der Waals surface area contributed by atoms with Gasteiger partial charge in [-0.05, 0) is 67.4 Å². The van der Waals surface area contributed by atoms with Crippen LogP contribution >= 0.6 is 0 Å². The van der Waals surface area contributed by atoms with Crippen molar-refractivity contribution in [2.45, 2.75) is 32.0 Å². The molecule has 2 atom stereocenters. The molecule has 2 fully saturated rings. The monoisotopic (exact) mass is 424 g/mol. The van der Waals surface area contributed by atoms with Crippen LogP contribution in [0.2, 0.25) is 0 Å². The summed E-state index contributed by atoms with van der Waals surface area (Å²) in [5, 5.41) is 14.1. The zero-order chi connectivity index (χ0) is 21.7. The highest BCUT2D eigenvalue weighted by molar-refractivity contribution is 5.95. The minimum Gasteiger partial charge on any atom is -0.368 e. The first kappa shape index (κ1) is 19.5. The van der Waals surface area contributed by atoms with Gasteiger partial charge < -0.3 is 9.80 Å². The molecule has 2 aromatic carbocycles. The largest absolute Gasteiger partial charge is 0.368 e. The van der Waals surface area contributed by atoms with Crippen molar-refractivity contribution < 1.29 is 0 Å². The summed E-state index contributed by atoms with van der Waals surface area (Å²) in [6, 6.07) is 18.3. The standard InChI is InChI=1S/C26H28N6/c1-18-14-31(24-8-5-19(13-27)26-23(24)4-2-10-29-26)16-25-22-7-6-21(12-20(22)15-32(18)25)30-11-3-9-28-17-30/h2,4-8,10,12,18,25,28H,3,9,11,14-17H2,1H3/t18-,25-/m1/s1. The third kappa shape index (κ3) is 3.12. The summed E-state index contributed by atoms with van der Waals surface area (Å²) >= 11 is 0. The topological polar surface area (TPSA) is 58.4 Å². The van der Waals surface area contributed by atoms with Gasteiger partial charge in [0.25, 0.3) is 0 Å². The van der Waals surface area contributed by atoms with Gasteiger partial charge in [-0.25, -0.2) is 0 Å². The molecule has 6 rings (SSSR count). The molecule has 0 bridgehead atoms. The number of rotatable bonds is 2. The maximum absolute atomic E-state index is 9.51. The van der Waals surface area contributed by atoms with Crippen LogP contribution in [0, 0.1) is 11.3 Å². The molecule has 0 radical (unpaired) electrons. The molecular weight excluding hydrogens is 396 g/mol. The second kappa shape index (κ2) is 7.77. The van der Waals surface area contributed by atoms with Crippen molar-refractivity contribution in [3.63, 3.8) is 0 Å². The molecule has 3 aromatic rings. The van der Waals surface area contributed by atoms with Crippen molar-refractivity contribution in [2.75, 3.05) is 42.6 Å². The summed E-state index contributed by atoms with van der Waals surface area (Å²) in [6.45, 7) is 8.48. The molecule has 32 heavy (non-hydrogen) atoms. The van der Waals surface area contributed by atoms with Crippen LogP contribution in [0.1, 0.15) is 36.1 Å². The Morgan fingerprint density at radius 3 is 2.91 bits per heavy atom. The average molecular weight is 425 g/mol. The Kier molecular flexibility index (Phi) is 4.74. The fraction of sp³-hybridized carbons (Fsp3) is 0.385. The second-order valence-corrected chi connectivity index (χ2v) is 9.24. The van der Waals surface area contributed by atoms with Gasteiger partial charge in [-0.2, -0.15) is 5.26 Å². The molecule has 0 aliphatic carbocycles. The second-order valence-electron chi connectivity index (χ2n) is 9.24. The van der Waals surface area contributed by atoms with Crippen LogP contribution < -0.4 is 15.1 Å². The van der Waals surface area contributed by atoms with Gasteiger partial charge in [-0.1, -0.05) is 6.07 Å². The Balaban J connectivity index is 1.33. The minimum absolute atomic E-state index is 0.393. The number of nitrogens with one attached hydrogen (secondary N) is 1. The van der Waals surface area contributed by atoms with Crippen molar-refractivity contribution >= 4 is 22.3 Å². The molecule has 0 saturated carbocycles. The SMILES string of the molecule is C[C@@H]1CN(c2ccc(C#N)c3ncccc23)C[C@@H]2c3ccc(N4CCCNC4)cc3CN12. The predicted molar refractivity (Wildman–Crippen MR) is 128 cm³/mol. The number of aromatic nitrogens is 1. The highest BCUT2D eigenvalue weighted by atomic mass is 15.3. The van der Waals surface area contributed by atoms with Gasteiger partial charge in [-0.15, -0.1) is 0 Å². The number of nitrogens with zero attached hydrogens (tertiary/aromatic N) is 5. The highest BCUT2D eigenvalue weighted by Gasteiger charge is 2.39. The number of hydrogen-bond acceptors (Lipinski definition) is 6. The van der Waals surface area contributed by atoms with E-state index in [1.165, 1.54) is 28.9 Å². The number of benzene rings is 2. The normalized spacial score (nSPS) is 23.1. The van der Waals surface area contributed by atoms with Crippen molar-refractivity contribution in [2.24, 2.45) is 0 Å². The van der Waals surface area contributed by atoms with Crippen molar-refractivity contribution in [3.8, 4) is 6.07 Å². The van der Waals surface area contributed by atoms with E-state index in [1.54, 1.807) is 6.20 Å². The smallest absolute Gasteiger partial charge is 0.101 e. The highest BCUT2D eigenvalue weighted by Crippen LogP contribution is 2.42. The van der Waals surface area contributed by atoms with E-state index in [2.05, 4.69) is 68.3 Å². The molecule has 0 unspecified atom stereocenters. The van der Waals surface area contributed by atoms with E-state index in [9.17, 15) is 5.26 Å². The summed E-state index contributed by atoms with van der Waals surface area (Å²) in [5.74, 6) is 0. The van der Waals surface area contributed by atoms with Gasteiger partial charge in [0.15, 0.2) is 0 Å². The zero-order valence-electron chi connectivity index (χ0n) is 18.5.